The van der Waals surface area contributed by atoms with Crippen molar-refractivity contribution >= 4 is 11.9 Å². The van der Waals surface area contributed by atoms with Crippen LogP contribution in [-0.4, -0.2) is 22.9 Å². The lowest BCUT2D eigenvalue weighted by Crippen LogP contribution is -2.53. The molecule has 1 atom stereocenters. The molecule has 0 aliphatic carbocycles. The molecule has 1 unspecified atom stereocenters. The Labute approximate surface area is 103 Å². The van der Waals surface area contributed by atoms with E-state index in [1.165, 1.54) is 11.0 Å². The summed E-state index contributed by atoms with van der Waals surface area (Å²) in [5.74, 6) is -1.78. The second kappa shape index (κ2) is 4.72. The molecule has 1 heterocycles. The molecule has 1 aromatic rings. The quantitative estimate of drug-likeness (QED) is 0.874. The molecule has 0 saturated carbocycles. The van der Waals surface area contributed by atoms with Crippen LogP contribution >= 0.6 is 0 Å². The highest BCUT2D eigenvalue weighted by Crippen LogP contribution is 2.19. The average Bonchev–Trinajstić information content (AvgIpc) is 2.26. The predicted molar refractivity (Wildman–Crippen MR) is 59.5 cm³/mol. The summed E-state index contributed by atoms with van der Waals surface area (Å²) in [6, 6.07) is 2.52. The van der Waals surface area contributed by atoms with Crippen LogP contribution in [0.1, 0.15) is 18.9 Å². The zero-order valence-electron chi connectivity index (χ0n) is 9.74. The highest BCUT2D eigenvalue weighted by atomic mass is 19.1. The molecule has 0 bridgehead atoms. The average molecular weight is 254 g/mol. The Bertz CT molecular complexity index is 485. The van der Waals surface area contributed by atoms with Gasteiger partial charge in [0.2, 0.25) is 5.91 Å². The number of hydrogen-bond acceptors (Lipinski definition) is 2. The van der Waals surface area contributed by atoms with E-state index in [9.17, 15) is 18.4 Å². The fourth-order valence-corrected chi connectivity index (χ4v) is 1.90. The van der Waals surface area contributed by atoms with Crippen molar-refractivity contribution in [3.63, 3.8) is 0 Å². The van der Waals surface area contributed by atoms with Crippen molar-refractivity contribution in [2.24, 2.45) is 0 Å². The van der Waals surface area contributed by atoms with Gasteiger partial charge in [0.15, 0.2) is 0 Å². The SMILES string of the molecule is CC1CC(=O)NC(=O)N1Cc1c(F)cccc1F. The number of urea groups is 1. The van der Waals surface area contributed by atoms with Gasteiger partial charge in [-0.2, -0.15) is 0 Å². The Morgan fingerprint density at radius 1 is 1.33 bits per heavy atom. The van der Waals surface area contributed by atoms with Crippen molar-refractivity contribution in [3.05, 3.63) is 35.4 Å². The number of amides is 3. The van der Waals surface area contributed by atoms with Gasteiger partial charge in [-0.3, -0.25) is 10.1 Å². The summed E-state index contributed by atoms with van der Waals surface area (Å²) < 4.78 is 26.9. The van der Waals surface area contributed by atoms with Crippen molar-refractivity contribution in [3.8, 4) is 0 Å². The maximum atomic E-state index is 13.5. The van der Waals surface area contributed by atoms with Gasteiger partial charge in [0.1, 0.15) is 11.6 Å². The first-order chi connectivity index (χ1) is 8.49. The summed E-state index contributed by atoms with van der Waals surface area (Å²) in [7, 11) is 0. The Kier molecular flexibility index (Phi) is 3.27. The summed E-state index contributed by atoms with van der Waals surface area (Å²) in [6.45, 7) is 1.47. The normalized spacial score (nSPS) is 19.9. The van der Waals surface area contributed by atoms with E-state index in [2.05, 4.69) is 5.32 Å². The van der Waals surface area contributed by atoms with Crippen LogP contribution in [0.5, 0.6) is 0 Å². The number of hydrogen-bond donors (Lipinski definition) is 1. The van der Waals surface area contributed by atoms with Crippen LogP contribution in [0.2, 0.25) is 0 Å². The number of rotatable bonds is 2. The Morgan fingerprint density at radius 3 is 2.50 bits per heavy atom. The van der Waals surface area contributed by atoms with Crippen molar-refractivity contribution in [1.82, 2.24) is 10.2 Å². The topological polar surface area (TPSA) is 49.4 Å². The number of nitrogens with zero attached hydrogens (tertiary/aromatic N) is 1. The van der Waals surface area contributed by atoms with Gasteiger partial charge in [-0.25, -0.2) is 13.6 Å². The third kappa shape index (κ3) is 2.32. The molecule has 18 heavy (non-hydrogen) atoms. The number of benzene rings is 1. The Morgan fingerprint density at radius 2 is 1.94 bits per heavy atom. The van der Waals surface area contributed by atoms with E-state index in [1.807, 2.05) is 0 Å². The molecule has 1 saturated heterocycles. The number of carbonyl (C=O) groups excluding carboxylic acids is 2. The molecule has 96 valence electrons. The smallest absolute Gasteiger partial charge is 0.317 e. The summed E-state index contributed by atoms with van der Waals surface area (Å²) in [5.41, 5.74) is -0.172. The number of nitrogens with one attached hydrogen (secondary N) is 1. The fourth-order valence-electron chi connectivity index (χ4n) is 1.90. The molecule has 1 aliphatic heterocycles. The largest absolute Gasteiger partial charge is 0.324 e. The Balaban J connectivity index is 2.23. The molecule has 1 aliphatic rings. The van der Waals surface area contributed by atoms with Crippen molar-refractivity contribution in [2.75, 3.05) is 0 Å². The highest BCUT2D eigenvalue weighted by Gasteiger charge is 2.30. The van der Waals surface area contributed by atoms with Gasteiger partial charge in [-0.1, -0.05) is 6.07 Å². The number of carbonyl (C=O) groups is 2. The molecule has 0 aromatic heterocycles. The monoisotopic (exact) mass is 254 g/mol. The minimum absolute atomic E-state index is 0.127. The summed E-state index contributed by atoms with van der Waals surface area (Å²) >= 11 is 0. The predicted octanol–water partition coefficient (Wildman–Crippen LogP) is 1.80. The van der Waals surface area contributed by atoms with Gasteiger partial charge in [0.25, 0.3) is 0 Å². The first-order valence-corrected chi connectivity index (χ1v) is 5.52. The van der Waals surface area contributed by atoms with E-state index in [0.29, 0.717) is 0 Å². The standard InChI is InChI=1S/C12H12F2N2O2/c1-7-5-11(17)15-12(18)16(7)6-8-9(13)3-2-4-10(8)14/h2-4,7H,5-6H2,1H3,(H,15,17,18). The molecule has 0 radical (unpaired) electrons. The molecule has 1 N–H and O–H groups in total. The van der Waals surface area contributed by atoms with Gasteiger partial charge in [-0.15, -0.1) is 0 Å². The summed E-state index contributed by atoms with van der Waals surface area (Å²) in [6.07, 6.45) is 0.127. The molecule has 1 aromatic carbocycles. The van der Waals surface area contributed by atoms with Crippen LogP contribution in [0.15, 0.2) is 18.2 Å². The van der Waals surface area contributed by atoms with Crippen LogP contribution in [0, 0.1) is 11.6 Å². The molecular weight excluding hydrogens is 242 g/mol. The lowest BCUT2D eigenvalue weighted by Gasteiger charge is -2.32. The van der Waals surface area contributed by atoms with E-state index < -0.39 is 17.7 Å². The lowest BCUT2D eigenvalue weighted by atomic mass is 10.1. The van der Waals surface area contributed by atoms with Crippen LogP contribution in [0.4, 0.5) is 13.6 Å². The minimum atomic E-state index is -0.702. The zero-order chi connectivity index (χ0) is 13.3. The van der Waals surface area contributed by atoms with Gasteiger partial charge in [-0.05, 0) is 19.1 Å². The van der Waals surface area contributed by atoms with Crippen LogP contribution in [-0.2, 0) is 11.3 Å². The summed E-state index contributed by atoms with van der Waals surface area (Å²) in [4.78, 5) is 23.9. The highest BCUT2D eigenvalue weighted by molar-refractivity contribution is 5.97. The molecular formula is C12H12F2N2O2. The minimum Gasteiger partial charge on any atom is -0.317 e. The molecule has 4 nitrogen and oxygen atoms in total. The first kappa shape index (κ1) is 12.5. The first-order valence-electron chi connectivity index (χ1n) is 5.52. The number of imide groups is 1. The summed E-state index contributed by atoms with van der Waals surface area (Å²) in [5, 5.41) is 2.12. The van der Waals surface area contributed by atoms with Crippen molar-refractivity contribution in [1.29, 1.82) is 0 Å². The second-order valence-corrected chi connectivity index (χ2v) is 4.23. The molecule has 1 fully saturated rings. The maximum absolute atomic E-state index is 13.5. The van der Waals surface area contributed by atoms with Gasteiger partial charge in [0.05, 0.1) is 6.54 Å². The van der Waals surface area contributed by atoms with E-state index >= 15 is 0 Å². The third-order valence-electron chi connectivity index (χ3n) is 2.91. The van der Waals surface area contributed by atoms with E-state index in [1.54, 1.807) is 6.92 Å². The van der Waals surface area contributed by atoms with Crippen LogP contribution in [0.3, 0.4) is 0 Å². The van der Waals surface area contributed by atoms with Crippen molar-refractivity contribution < 1.29 is 18.4 Å². The van der Waals surface area contributed by atoms with Crippen LogP contribution < -0.4 is 5.32 Å². The van der Waals surface area contributed by atoms with Crippen LogP contribution in [0.25, 0.3) is 0 Å². The van der Waals surface area contributed by atoms with Gasteiger partial charge >= 0.3 is 6.03 Å². The Hall–Kier alpha value is -1.98. The second-order valence-electron chi connectivity index (χ2n) is 4.23. The lowest BCUT2D eigenvalue weighted by molar-refractivity contribution is -0.122. The van der Waals surface area contributed by atoms with Gasteiger partial charge < -0.3 is 4.90 Å². The van der Waals surface area contributed by atoms with Gasteiger partial charge in [0, 0.05) is 18.0 Å². The molecule has 2 rings (SSSR count). The zero-order valence-corrected chi connectivity index (χ0v) is 9.74. The maximum Gasteiger partial charge on any atom is 0.324 e. The number of halogens is 2. The van der Waals surface area contributed by atoms with E-state index in [4.69, 9.17) is 0 Å². The third-order valence-corrected chi connectivity index (χ3v) is 2.91. The fraction of sp³-hybridized carbons (Fsp3) is 0.333. The molecule has 0 spiro atoms. The van der Waals surface area contributed by atoms with E-state index in [0.717, 1.165) is 12.1 Å². The molecule has 3 amide bonds. The molecule has 6 heteroatoms. The van der Waals surface area contributed by atoms with Crippen molar-refractivity contribution in [2.45, 2.75) is 25.9 Å². The van der Waals surface area contributed by atoms with E-state index in [-0.39, 0.29) is 30.5 Å².